The Morgan fingerprint density at radius 1 is 1.22 bits per heavy atom. The summed E-state index contributed by atoms with van der Waals surface area (Å²) in [6.07, 6.45) is 3.19. The molecule has 4 heteroatoms. The van der Waals surface area contributed by atoms with Crippen molar-refractivity contribution in [3.8, 4) is 0 Å². The van der Waals surface area contributed by atoms with Crippen LogP contribution >= 0.6 is 0 Å². The fourth-order valence-electron chi connectivity index (χ4n) is 2.32. The molecular weight excluding hydrogens is 234 g/mol. The molecule has 0 aromatic heterocycles. The molecule has 1 aromatic carbocycles. The molecule has 0 aliphatic carbocycles. The minimum absolute atomic E-state index is 0.736. The third kappa shape index (κ3) is 4.03. The fraction of sp³-hybridized carbons (Fsp3) is 0.571. The van der Waals surface area contributed by atoms with Crippen LogP contribution in [-0.4, -0.2) is 26.2 Å². The summed E-state index contributed by atoms with van der Waals surface area (Å²) in [6.45, 7) is 4.08. The molecule has 2 N–H and O–H groups in total. The van der Waals surface area contributed by atoms with Crippen molar-refractivity contribution in [1.82, 2.24) is 10.6 Å². The van der Waals surface area contributed by atoms with Crippen LogP contribution in [0.2, 0.25) is 0 Å². The molecule has 0 radical (unpaired) electrons. The molecule has 0 bridgehead atoms. The number of hydrogen-bond donors (Lipinski definition) is 2. The molecule has 1 aromatic rings. The van der Waals surface area contributed by atoms with Crippen molar-refractivity contribution in [2.45, 2.75) is 19.3 Å². The Labute approximate surface area is 107 Å². The van der Waals surface area contributed by atoms with Crippen molar-refractivity contribution in [2.24, 2.45) is 5.92 Å². The van der Waals surface area contributed by atoms with Crippen molar-refractivity contribution in [3.63, 3.8) is 0 Å². The Balaban J connectivity index is 1.61. The number of hydrogen-bond acceptors (Lipinski definition) is 2. The summed E-state index contributed by atoms with van der Waals surface area (Å²) in [6, 6.07) is 4.10. The molecule has 1 aliphatic rings. The first kappa shape index (κ1) is 13.4. The summed E-state index contributed by atoms with van der Waals surface area (Å²) in [5, 5.41) is 6.70. The molecule has 0 amide bonds. The maximum absolute atomic E-state index is 13.0. The minimum Gasteiger partial charge on any atom is -0.316 e. The van der Waals surface area contributed by atoms with Crippen molar-refractivity contribution in [3.05, 3.63) is 35.4 Å². The summed E-state index contributed by atoms with van der Waals surface area (Å²) in [5.41, 5.74) is 0.837. The van der Waals surface area contributed by atoms with Crippen molar-refractivity contribution < 1.29 is 8.78 Å². The van der Waals surface area contributed by atoms with Crippen LogP contribution in [0.3, 0.4) is 0 Å². The molecule has 1 atom stereocenters. The summed E-state index contributed by atoms with van der Waals surface area (Å²) in [7, 11) is 0. The van der Waals surface area contributed by atoms with E-state index in [9.17, 15) is 8.78 Å². The van der Waals surface area contributed by atoms with Gasteiger partial charge in [0.05, 0.1) is 0 Å². The fourth-order valence-corrected chi connectivity index (χ4v) is 2.32. The van der Waals surface area contributed by atoms with Gasteiger partial charge in [-0.1, -0.05) is 6.07 Å². The van der Waals surface area contributed by atoms with E-state index in [0.717, 1.165) is 44.1 Å². The molecule has 2 nitrogen and oxygen atoms in total. The van der Waals surface area contributed by atoms with Gasteiger partial charge in [0, 0.05) is 0 Å². The van der Waals surface area contributed by atoms with E-state index in [1.165, 1.54) is 25.0 Å². The lowest BCUT2D eigenvalue weighted by atomic mass is 10.1. The SMILES string of the molecule is Fc1ccc(CCNCCC2CCNC2)cc1F. The molecule has 100 valence electrons. The van der Waals surface area contributed by atoms with Crippen LogP contribution in [0, 0.1) is 17.6 Å². The first-order valence-corrected chi connectivity index (χ1v) is 6.61. The van der Waals surface area contributed by atoms with Crippen LogP contribution in [0.25, 0.3) is 0 Å². The molecule has 1 saturated heterocycles. The summed E-state index contributed by atoms with van der Waals surface area (Å²) in [4.78, 5) is 0. The van der Waals surface area contributed by atoms with Crippen molar-refractivity contribution in [2.75, 3.05) is 26.2 Å². The summed E-state index contributed by atoms with van der Waals surface area (Å²) >= 11 is 0. The van der Waals surface area contributed by atoms with E-state index in [1.807, 2.05) is 0 Å². The number of rotatable bonds is 6. The predicted octanol–water partition coefficient (Wildman–Crippen LogP) is 2.10. The summed E-state index contributed by atoms with van der Waals surface area (Å²) < 4.78 is 25.7. The lowest BCUT2D eigenvalue weighted by molar-refractivity contribution is 0.498. The molecule has 0 saturated carbocycles. The third-order valence-electron chi connectivity index (χ3n) is 3.47. The van der Waals surface area contributed by atoms with E-state index in [4.69, 9.17) is 0 Å². The van der Waals surface area contributed by atoms with Crippen LogP contribution in [0.15, 0.2) is 18.2 Å². The summed E-state index contributed by atoms with van der Waals surface area (Å²) in [5.74, 6) is -0.745. The Bertz CT molecular complexity index is 376. The van der Waals surface area contributed by atoms with E-state index in [0.29, 0.717) is 0 Å². The van der Waals surface area contributed by atoms with E-state index < -0.39 is 11.6 Å². The highest BCUT2D eigenvalue weighted by Gasteiger charge is 2.13. The molecule has 2 rings (SSSR count). The normalized spacial score (nSPS) is 19.3. The lowest BCUT2D eigenvalue weighted by Gasteiger charge is -2.09. The van der Waals surface area contributed by atoms with Gasteiger partial charge in [-0.3, -0.25) is 0 Å². The second kappa shape index (κ2) is 6.81. The van der Waals surface area contributed by atoms with Gasteiger partial charge in [0.2, 0.25) is 0 Å². The third-order valence-corrected chi connectivity index (χ3v) is 3.47. The zero-order chi connectivity index (χ0) is 12.8. The first-order valence-electron chi connectivity index (χ1n) is 6.61. The van der Waals surface area contributed by atoms with Crippen LogP contribution in [0.4, 0.5) is 8.78 Å². The van der Waals surface area contributed by atoms with E-state index in [-0.39, 0.29) is 0 Å². The van der Waals surface area contributed by atoms with E-state index in [1.54, 1.807) is 6.07 Å². The average molecular weight is 254 g/mol. The molecule has 1 unspecified atom stereocenters. The highest BCUT2D eigenvalue weighted by molar-refractivity contribution is 5.17. The number of nitrogens with one attached hydrogen (secondary N) is 2. The Kier molecular flexibility index (Phi) is 5.08. The molecule has 18 heavy (non-hydrogen) atoms. The first-order chi connectivity index (χ1) is 8.75. The zero-order valence-electron chi connectivity index (χ0n) is 10.5. The Hall–Kier alpha value is -1.00. The highest BCUT2D eigenvalue weighted by Crippen LogP contribution is 2.11. The van der Waals surface area contributed by atoms with Gasteiger partial charge >= 0.3 is 0 Å². The van der Waals surface area contributed by atoms with E-state index >= 15 is 0 Å². The van der Waals surface area contributed by atoms with Crippen molar-refractivity contribution in [1.29, 1.82) is 0 Å². The van der Waals surface area contributed by atoms with Gasteiger partial charge in [0.1, 0.15) is 0 Å². The monoisotopic (exact) mass is 254 g/mol. The molecule has 1 fully saturated rings. The second-order valence-corrected chi connectivity index (χ2v) is 4.90. The van der Waals surface area contributed by atoms with E-state index in [2.05, 4.69) is 10.6 Å². The Morgan fingerprint density at radius 3 is 2.83 bits per heavy atom. The number of halogens is 2. The predicted molar refractivity (Wildman–Crippen MR) is 68.5 cm³/mol. The second-order valence-electron chi connectivity index (χ2n) is 4.90. The lowest BCUT2D eigenvalue weighted by Crippen LogP contribution is -2.21. The van der Waals surface area contributed by atoms with Gasteiger partial charge in [-0.2, -0.15) is 0 Å². The van der Waals surface area contributed by atoms with Crippen molar-refractivity contribution >= 4 is 0 Å². The highest BCUT2D eigenvalue weighted by atomic mass is 19.2. The molecule has 0 spiro atoms. The maximum atomic E-state index is 13.0. The van der Waals surface area contributed by atoms with Crippen LogP contribution < -0.4 is 10.6 Å². The smallest absolute Gasteiger partial charge is 0.159 e. The van der Waals surface area contributed by atoms with Crippen LogP contribution in [0.1, 0.15) is 18.4 Å². The van der Waals surface area contributed by atoms with Gasteiger partial charge in [0.15, 0.2) is 11.6 Å². The average Bonchev–Trinajstić information content (AvgIpc) is 2.86. The Morgan fingerprint density at radius 2 is 2.11 bits per heavy atom. The standard InChI is InChI=1S/C14H20F2N2/c15-13-2-1-11(9-14(13)16)3-6-17-7-4-12-5-8-18-10-12/h1-2,9,12,17-18H,3-8,10H2. The van der Waals surface area contributed by atoms with Gasteiger partial charge in [0.25, 0.3) is 0 Å². The quantitative estimate of drug-likeness (QED) is 0.760. The van der Waals surface area contributed by atoms with Crippen LogP contribution in [0.5, 0.6) is 0 Å². The topological polar surface area (TPSA) is 24.1 Å². The van der Waals surface area contributed by atoms with Gasteiger partial charge < -0.3 is 10.6 Å². The molecule has 1 aliphatic heterocycles. The van der Waals surface area contributed by atoms with Crippen LogP contribution in [-0.2, 0) is 6.42 Å². The van der Waals surface area contributed by atoms with Gasteiger partial charge in [-0.05, 0) is 69.1 Å². The minimum atomic E-state index is -0.777. The molecular formula is C14H20F2N2. The number of benzene rings is 1. The zero-order valence-corrected chi connectivity index (χ0v) is 10.5. The molecule has 1 heterocycles. The van der Waals surface area contributed by atoms with Gasteiger partial charge in [-0.15, -0.1) is 0 Å². The maximum Gasteiger partial charge on any atom is 0.159 e. The largest absolute Gasteiger partial charge is 0.316 e. The van der Waals surface area contributed by atoms with Gasteiger partial charge in [-0.25, -0.2) is 8.78 Å².